The monoisotopic (exact) mass is 496 g/mol. The van der Waals surface area contributed by atoms with Crippen molar-refractivity contribution in [1.29, 1.82) is 0 Å². The van der Waals surface area contributed by atoms with Crippen molar-refractivity contribution in [3.05, 3.63) is 62.9 Å². The Morgan fingerprint density at radius 1 is 1.03 bits per heavy atom. The van der Waals surface area contributed by atoms with E-state index < -0.39 is 10.0 Å². The predicted molar refractivity (Wildman–Crippen MR) is 136 cm³/mol. The molecule has 0 unspecified atom stereocenters. The fraction of sp³-hybridized carbons (Fsp3) is 0.400. The SMILES string of the molecule is Cc1cc(C)c2cc(CN(C3CCCCC3)S(=O)(=O)c3c(C)ccc4nsnc34)c(=O)[nH]c2c1. The third kappa shape index (κ3) is 4.06. The van der Waals surface area contributed by atoms with Crippen molar-refractivity contribution < 1.29 is 8.42 Å². The summed E-state index contributed by atoms with van der Waals surface area (Å²) in [7, 11) is -3.93. The molecule has 1 aliphatic rings. The van der Waals surface area contributed by atoms with Crippen LogP contribution in [-0.4, -0.2) is 32.5 Å². The molecule has 7 nitrogen and oxygen atoms in total. The van der Waals surface area contributed by atoms with Gasteiger partial charge in [-0.3, -0.25) is 4.79 Å². The summed E-state index contributed by atoms with van der Waals surface area (Å²) in [6.07, 6.45) is 4.62. The lowest BCUT2D eigenvalue weighted by atomic mass is 9.95. The van der Waals surface area contributed by atoms with Gasteiger partial charge in [0.05, 0.1) is 11.7 Å². The number of hydrogen-bond donors (Lipinski definition) is 1. The van der Waals surface area contributed by atoms with E-state index in [9.17, 15) is 13.2 Å². The van der Waals surface area contributed by atoms with Crippen LogP contribution >= 0.6 is 11.7 Å². The van der Waals surface area contributed by atoms with Crippen LogP contribution in [0.25, 0.3) is 21.9 Å². The van der Waals surface area contributed by atoms with Gasteiger partial charge in [-0.2, -0.15) is 13.1 Å². The lowest BCUT2D eigenvalue weighted by molar-refractivity contribution is 0.247. The summed E-state index contributed by atoms with van der Waals surface area (Å²) in [4.78, 5) is 16.3. The van der Waals surface area contributed by atoms with E-state index in [2.05, 4.69) is 19.8 Å². The van der Waals surface area contributed by atoms with E-state index in [1.807, 2.05) is 26.0 Å². The zero-order valence-corrected chi connectivity index (χ0v) is 21.2. The lowest BCUT2D eigenvalue weighted by Crippen LogP contribution is -2.42. The molecule has 1 aliphatic carbocycles. The van der Waals surface area contributed by atoms with Gasteiger partial charge in [-0.15, -0.1) is 0 Å². The van der Waals surface area contributed by atoms with Crippen LogP contribution in [0.5, 0.6) is 0 Å². The van der Waals surface area contributed by atoms with E-state index in [0.29, 0.717) is 22.2 Å². The number of nitrogens with one attached hydrogen (secondary N) is 1. The smallest absolute Gasteiger partial charge is 0.252 e. The highest BCUT2D eigenvalue weighted by molar-refractivity contribution is 7.89. The number of aryl methyl sites for hydroxylation is 3. The fourth-order valence-corrected chi connectivity index (χ4v) is 7.77. The minimum Gasteiger partial charge on any atom is -0.322 e. The van der Waals surface area contributed by atoms with Crippen LogP contribution in [0.15, 0.2) is 40.0 Å². The third-order valence-corrected chi connectivity index (χ3v) is 9.46. The molecule has 2 aromatic heterocycles. The molecule has 178 valence electrons. The zero-order valence-electron chi connectivity index (χ0n) is 19.6. The summed E-state index contributed by atoms with van der Waals surface area (Å²) in [6.45, 7) is 5.82. The van der Waals surface area contributed by atoms with Crippen molar-refractivity contribution in [3.63, 3.8) is 0 Å². The molecule has 34 heavy (non-hydrogen) atoms. The number of rotatable bonds is 5. The van der Waals surface area contributed by atoms with Crippen molar-refractivity contribution >= 4 is 43.7 Å². The molecule has 4 aromatic rings. The quantitative estimate of drug-likeness (QED) is 0.420. The average Bonchev–Trinajstić information content (AvgIpc) is 3.26. The summed E-state index contributed by atoms with van der Waals surface area (Å²) < 4.78 is 38.5. The lowest BCUT2D eigenvalue weighted by Gasteiger charge is -2.33. The first kappa shape index (κ1) is 23.1. The highest BCUT2D eigenvalue weighted by Gasteiger charge is 2.36. The molecule has 0 bridgehead atoms. The summed E-state index contributed by atoms with van der Waals surface area (Å²) in [5, 5.41) is 0.933. The Morgan fingerprint density at radius 2 is 1.79 bits per heavy atom. The fourth-order valence-electron chi connectivity index (χ4n) is 5.15. The molecule has 2 aromatic carbocycles. The average molecular weight is 497 g/mol. The second-order valence-corrected chi connectivity index (χ2v) is 11.7. The van der Waals surface area contributed by atoms with Gasteiger partial charge in [0, 0.05) is 29.1 Å². The summed E-state index contributed by atoms with van der Waals surface area (Å²) in [5.74, 6) is 0. The molecule has 5 rings (SSSR count). The first-order valence-corrected chi connectivity index (χ1v) is 13.8. The van der Waals surface area contributed by atoms with E-state index in [-0.39, 0.29) is 23.0 Å². The molecular weight excluding hydrogens is 468 g/mol. The molecule has 0 spiro atoms. The molecule has 0 radical (unpaired) electrons. The molecule has 2 heterocycles. The second kappa shape index (κ2) is 8.87. The maximum absolute atomic E-state index is 14.2. The number of aromatic amines is 1. The number of aromatic nitrogens is 3. The Bertz CT molecular complexity index is 1550. The van der Waals surface area contributed by atoms with Crippen molar-refractivity contribution in [1.82, 2.24) is 18.0 Å². The Labute approximate surface area is 203 Å². The van der Waals surface area contributed by atoms with Gasteiger partial charge in [0.15, 0.2) is 0 Å². The number of H-pyrrole nitrogens is 1. The minimum absolute atomic E-state index is 0.0268. The topological polar surface area (TPSA) is 96.0 Å². The van der Waals surface area contributed by atoms with Gasteiger partial charge >= 0.3 is 0 Å². The van der Waals surface area contributed by atoms with Crippen LogP contribution in [0.2, 0.25) is 0 Å². The molecule has 9 heteroatoms. The van der Waals surface area contributed by atoms with Crippen LogP contribution in [-0.2, 0) is 16.6 Å². The van der Waals surface area contributed by atoms with Crippen LogP contribution < -0.4 is 5.56 Å². The molecule has 1 N–H and O–H groups in total. The number of benzene rings is 2. The van der Waals surface area contributed by atoms with Gasteiger partial charge in [0.2, 0.25) is 10.0 Å². The standard InChI is InChI=1S/C25H28N4O3S2/c1-15-11-17(3)20-13-18(25(30)26-22(20)12-15)14-29(19-7-5-4-6-8-19)34(31,32)24-16(2)9-10-21-23(24)28-33-27-21/h9-13,19H,4-8,14H2,1-3H3,(H,26,30). The largest absolute Gasteiger partial charge is 0.322 e. The summed E-state index contributed by atoms with van der Waals surface area (Å²) in [5.41, 5.74) is 4.71. The number of pyridine rings is 1. The Kier molecular flexibility index (Phi) is 6.03. The molecule has 0 amide bonds. The Morgan fingerprint density at radius 3 is 2.56 bits per heavy atom. The van der Waals surface area contributed by atoms with E-state index >= 15 is 0 Å². The Hall–Kier alpha value is -2.62. The highest BCUT2D eigenvalue weighted by atomic mass is 32.2. The normalized spacial score (nSPS) is 15.5. The van der Waals surface area contributed by atoms with E-state index in [1.165, 1.54) is 0 Å². The molecular formula is C25H28N4O3S2. The first-order chi connectivity index (χ1) is 16.3. The first-order valence-electron chi connectivity index (χ1n) is 11.6. The predicted octanol–water partition coefficient (Wildman–Crippen LogP) is 4.98. The maximum Gasteiger partial charge on any atom is 0.252 e. The molecule has 0 saturated heterocycles. The van der Waals surface area contributed by atoms with Crippen molar-refractivity contribution in [3.8, 4) is 0 Å². The van der Waals surface area contributed by atoms with Gasteiger partial charge in [0.1, 0.15) is 15.9 Å². The van der Waals surface area contributed by atoms with E-state index in [4.69, 9.17) is 0 Å². The van der Waals surface area contributed by atoms with Crippen molar-refractivity contribution in [2.45, 2.75) is 70.4 Å². The second-order valence-electron chi connectivity index (χ2n) is 9.35. The number of hydrogen-bond acceptors (Lipinski definition) is 6. The van der Waals surface area contributed by atoms with Crippen LogP contribution in [0, 0.1) is 20.8 Å². The molecule has 1 saturated carbocycles. The third-order valence-electron chi connectivity index (χ3n) is 6.84. The van der Waals surface area contributed by atoms with Crippen LogP contribution in [0.1, 0.15) is 54.4 Å². The number of nitrogens with zero attached hydrogens (tertiary/aromatic N) is 3. The van der Waals surface area contributed by atoms with E-state index in [0.717, 1.165) is 65.9 Å². The van der Waals surface area contributed by atoms with Crippen molar-refractivity contribution in [2.24, 2.45) is 0 Å². The van der Waals surface area contributed by atoms with Gasteiger partial charge in [-0.05, 0) is 68.5 Å². The van der Waals surface area contributed by atoms with Gasteiger partial charge in [-0.1, -0.05) is 31.4 Å². The Balaban J connectivity index is 1.65. The van der Waals surface area contributed by atoms with Crippen molar-refractivity contribution in [2.75, 3.05) is 0 Å². The summed E-state index contributed by atoms with van der Waals surface area (Å²) >= 11 is 1.01. The van der Waals surface area contributed by atoms with Crippen LogP contribution in [0.3, 0.4) is 0 Å². The van der Waals surface area contributed by atoms with Gasteiger partial charge < -0.3 is 4.98 Å². The zero-order chi connectivity index (χ0) is 24.0. The van der Waals surface area contributed by atoms with Gasteiger partial charge in [0.25, 0.3) is 5.56 Å². The number of fused-ring (bicyclic) bond motifs is 2. The van der Waals surface area contributed by atoms with Gasteiger partial charge in [-0.25, -0.2) is 8.42 Å². The maximum atomic E-state index is 14.2. The molecule has 0 aliphatic heterocycles. The van der Waals surface area contributed by atoms with Crippen LogP contribution in [0.4, 0.5) is 0 Å². The minimum atomic E-state index is -3.93. The van der Waals surface area contributed by atoms with E-state index in [1.54, 1.807) is 23.4 Å². The molecule has 1 fully saturated rings. The molecule has 0 atom stereocenters. The summed E-state index contributed by atoms with van der Waals surface area (Å²) in [6, 6.07) is 9.30. The highest BCUT2D eigenvalue weighted by Crippen LogP contribution is 2.34. The number of sulfonamides is 1.